The summed E-state index contributed by atoms with van der Waals surface area (Å²) in [6, 6.07) is 1.77. The van der Waals surface area contributed by atoms with E-state index in [1.165, 1.54) is 11.3 Å². The van der Waals surface area contributed by atoms with E-state index in [1.807, 2.05) is 5.38 Å². The molecule has 1 unspecified atom stereocenters. The molecule has 0 radical (unpaired) electrons. The van der Waals surface area contributed by atoms with Gasteiger partial charge in [-0.1, -0.05) is 12.2 Å². The Morgan fingerprint density at radius 1 is 1.38 bits per heavy atom. The number of aromatic nitrogens is 3. The molecule has 1 aliphatic rings. The van der Waals surface area contributed by atoms with Gasteiger partial charge in [0.1, 0.15) is 0 Å². The summed E-state index contributed by atoms with van der Waals surface area (Å²) in [5.74, 6) is 1.10. The second kappa shape index (κ2) is 6.58. The zero-order valence-electron chi connectivity index (χ0n) is 11.5. The fourth-order valence-corrected chi connectivity index (χ4v) is 3.03. The van der Waals surface area contributed by atoms with Crippen LogP contribution in [0.2, 0.25) is 0 Å². The highest BCUT2D eigenvalue weighted by molar-refractivity contribution is 7.13. The highest BCUT2D eigenvalue weighted by Gasteiger charge is 2.14. The zero-order valence-corrected chi connectivity index (χ0v) is 12.3. The molecule has 0 saturated heterocycles. The summed E-state index contributed by atoms with van der Waals surface area (Å²) < 4.78 is 0. The molecule has 2 heterocycles. The van der Waals surface area contributed by atoms with Crippen molar-refractivity contribution in [1.82, 2.24) is 20.3 Å². The predicted octanol–water partition coefficient (Wildman–Crippen LogP) is 2.57. The van der Waals surface area contributed by atoms with Crippen molar-refractivity contribution in [2.75, 3.05) is 0 Å². The van der Waals surface area contributed by atoms with Gasteiger partial charge in [0.05, 0.1) is 12.2 Å². The van der Waals surface area contributed by atoms with Crippen LogP contribution in [-0.2, 0) is 11.3 Å². The van der Waals surface area contributed by atoms with Crippen LogP contribution < -0.4 is 5.32 Å². The normalized spacial score (nSPS) is 17.0. The molecule has 0 spiro atoms. The summed E-state index contributed by atoms with van der Waals surface area (Å²) in [5, 5.41) is 5.63. The Hall–Kier alpha value is -2.08. The molecule has 0 saturated carbocycles. The van der Waals surface area contributed by atoms with Crippen LogP contribution in [0.15, 0.2) is 36.0 Å². The van der Waals surface area contributed by atoms with E-state index < -0.39 is 0 Å². The molecule has 0 aliphatic heterocycles. The summed E-state index contributed by atoms with van der Waals surface area (Å²) in [7, 11) is 0. The second-order valence-electron chi connectivity index (χ2n) is 4.96. The van der Waals surface area contributed by atoms with E-state index in [0.29, 0.717) is 24.7 Å². The van der Waals surface area contributed by atoms with E-state index in [1.54, 1.807) is 18.5 Å². The summed E-state index contributed by atoms with van der Waals surface area (Å²) in [6.07, 6.45) is 10.4. The van der Waals surface area contributed by atoms with Crippen LogP contribution in [0.5, 0.6) is 0 Å². The Labute approximate surface area is 127 Å². The Morgan fingerprint density at radius 2 is 2.24 bits per heavy atom. The third kappa shape index (κ3) is 3.72. The maximum atomic E-state index is 11.9. The van der Waals surface area contributed by atoms with Crippen molar-refractivity contribution in [2.24, 2.45) is 5.92 Å². The topological polar surface area (TPSA) is 67.8 Å². The van der Waals surface area contributed by atoms with Gasteiger partial charge in [0.15, 0.2) is 10.8 Å². The predicted molar refractivity (Wildman–Crippen MR) is 81.5 cm³/mol. The number of nitrogens with zero attached hydrogens (tertiary/aromatic N) is 3. The Balaban J connectivity index is 1.53. The maximum absolute atomic E-state index is 11.9. The van der Waals surface area contributed by atoms with E-state index >= 15 is 0 Å². The highest BCUT2D eigenvalue weighted by Crippen LogP contribution is 2.21. The van der Waals surface area contributed by atoms with Gasteiger partial charge in [0, 0.05) is 24.2 Å². The molecule has 3 rings (SSSR count). The van der Waals surface area contributed by atoms with Crippen LogP contribution in [0.25, 0.3) is 10.8 Å². The highest BCUT2D eigenvalue weighted by atomic mass is 32.1. The van der Waals surface area contributed by atoms with Gasteiger partial charge < -0.3 is 5.32 Å². The first kappa shape index (κ1) is 13.9. The Morgan fingerprint density at radius 3 is 3.00 bits per heavy atom. The smallest absolute Gasteiger partial charge is 0.220 e. The SMILES string of the molecule is O=C(CC1C=CCC1)NCc1csc(-c2ncccn2)n1. The van der Waals surface area contributed by atoms with Gasteiger partial charge in [-0.05, 0) is 24.8 Å². The third-order valence-corrected chi connectivity index (χ3v) is 4.22. The van der Waals surface area contributed by atoms with Crippen molar-refractivity contribution < 1.29 is 4.79 Å². The minimum Gasteiger partial charge on any atom is -0.350 e. The standard InChI is InChI=1S/C15H16N4OS/c20-13(8-11-4-1-2-5-11)18-9-12-10-21-15(19-12)14-16-6-3-7-17-14/h1,3-4,6-7,10-11H,2,5,8-9H2,(H,18,20). The second-order valence-corrected chi connectivity index (χ2v) is 5.82. The number of hydrogen-bond acceptors (Lipinski definition) is 5. The van der Waals surface area contributed by atoms with Gasteiger partial charge in [-0.2, -0.15) is 0 Å². The van der Waals surface area contributed by atoms with Crippen molar-refractivity contribution in [3.8, 4) is 10.8 Å². The molecule has 21 heavy (non-hydrogen) atoms. The number of carbonyl (C=O) groups is 1. The largest absolute Gasteiger partial charge is 0.350 e. The monoisotopic (exact) mass is 300 g/mol. The van der Waals surface area contributed by atoms with Crippen molar-refractivity contribution in [2.45, 2.75) is 25.8 Å². The molecule has 2 aromatic heterocycles. The van der Waals surface area contributed by atoms with Gasteiger partial charge in [-0.3, -0.25) is 4.79 Å². The fourth-order valence-electron chi connectivity index (χ4n) is 2.27. The molecule has 0 aromatic carbocycles. The van der Waals surface area contributed by atoms with Crippen molar-refractivity contribution in [1.29, 1.82) is 0 Å². The fraction of sp³-hybridized carbons (Fsp3) is 0.333. The van der Waals surface area contributed by atoms with Gasteiger partial charge in [0.25, 0.3) is 0 Å². The van der Waals surface area contributed by atoms with E-state index in [-0.39, 0.29) is 5.91 Å². The van der Waals surface area contributed by atoms with Crippen LogP contribution in [-0.4, -0.2) is 20.9 Å². The number of amides is 1. The lowest BCUT2D eigenvalue weighted by Gasteiger charge is -2.07. The molecular formula is C15H16N4OS. The molecule has 0 fully saturated rings. The molecule has 1 N–H and O–H groups in total. The number of hydrogen-bond donors (Lipinski definition) is 1. The lowest BCUT2D eigenvalue weighted by Crippen LogP contribution is -2.24. The molecule has 6 heteroatoms. The van der Waals surface area contributed by atoms with Gasteiger partial charge in [-0.15, -0.1) is 11.3 Å². The molecule has 2 aromatic rings. The van der Waals surface area contributed by atoms with Crippen LogP contribution in [0.3, 0.4) is 0 Å². The maximum Gasteiger partial charge on any atom is 0.220 e. The third-order valence-electron chi connectivity index (χ3n) is 3.34. The summed E-state index contributed by atoms with van der Waals surface area (Å²) >= 11 is 1.49. The number of carbonyl (C=O) groups excluding carboxylic acids is 1. The number of rotatable bonds is 5. The zero-order chi connectivity index (χ0) is 14.5. The van der Waals surface area contributed by atoms with Crippen LogP contribution in [0.1, 0.15) is 25.0 Å². The molecule has 1 amide bonds. The lowest BCUT2D eigenvalue weighted by atomic mass is 10.1. The van der Waals surface area contributed by atoms with Crippen LogP contribution in [0.4, 0.5) is 0 Å². The van der Waals surface area contributed by atoms with Crippen molar-refractivity contribution in [3.05, 3.63) is 41.7 Å². The first-order chi connectivity index (χ1) is 10.3. The van der Waals surface area contributed by atoms with Crippen molar-refractivity contribution >= 4 is 17.2 Å². The van der Waals surface area contributed by atoms with Crippen LogP contribution in [0, 0.1) is 5.92 Å². The van der Waals surface area contributed by atoms with E-state index in [0.717, 1.165) is 23.5 Å². The molecule has 5 nitrogen and oxygen atoms in total. The summed E-state index contributed by atoms with van der Waals surface area (Å²) in [5.41, 5.74) is 0.845. The minimum atomic E-state index is 0.0806. The molecule has 1 atom stereocenters. The number of nitrogens with one attached hydrogen (secondary N) is 1. The van der Waals surface area contributed by atoms with E-state index in [2.05, 4.69) is 32.4 Å². The summed E-state index contributed by atoms with van der Waals surface area (Å²) in [4.78, 5) is 24.6. The molecular weight excluding hydrogens is 284 g/mol. The van der Waals surface area contributed by atoms with Gasteiger partial charge >= 0.3 is 0 Å². The first-order valence-corrected chi connectivity index (χ1v) is 7.84. The van der Waals surface area contributed by atoms with Gasteiger partial charge in [0.2, 0.25) is 5.91 Å². The molecule has 0 bridgehead atoms. The Kier molecular flexibility index (Phi) is 4.35. The number of allylic oxidation sites excluding steroid dienone is 2. The average molecular weight is 300 g/mol. The van der Waals surface area contributed by atoms with Crippen molar-refractivity contribution in [3.63, 3.8) is 0 Å². The minimum absolute atomic E-state index is 0.0806. The quantitative estimate of drug-likeness (QED) is 0.862. The lowest BCUT2D eigenvalue weighted by molar-refractivity contribution is -0.121. The summed E-state index contributed by atoms with van der Waals surface area (Å²) in [6.45, 7) is 0.457. The average Bonchev–Trinajstić information content (AvgIpc) is 3.17. The van der Waals surface area contributed by atoms with E-state index in [4.69, 9.17) is 0 Å². The molecule has 108 valence electrons. The van der Waals surface area contributed by atoms with E-state index in [9.17, 15) is 4.79 Å². The van der Waals surface area contributed by atoms with Gasteiger partial charge in [-0.25, -0.2) is 15.0 Å². The Bertz CT molecular complexity index is 638. The number of thiazole rings is 1. The van der Waals surface area contributed by atoms with Crippen LogP contribution >= 0.6 is 11.3 Å². The molecule has 1 aliphatic carbocycles. The first-order valence-electron chi connectivity index (χ1n) is 6.96.